The van der Waals surface area contributed by atoms with Crippen LogP contribution in [0.5, 0.6) is 5.75 Å². The van der Waals surface area contributed by atoms with E-state index in [9.17, 15) is 9.59 Å². The minimum Gasteiger partial charge on any atom is -0.494 e. The number of hydrogen-bond donors (Lipinski definition) is 1. The molecule has 0 saturated carbocycles. The fourth-order valence-electron chi connectivity index (χ4n) is 1.95. The van der Waals surface area contributed by atoms with Crippen molar-refractivity contribution in [1.29, 1.82) is 0 Å². The molecule has 0 atom stereocenters. The normalized spacial score (nSPS) is 10.3. The molecule has 134 valence electrons. The maximum absolute atomic E-state index is 11.9. The van der Waals surface area contributed by atoms with Gasteiger partial charge in [0.1, 0.15) is 5.75 Å². The summed E-state index contributed by atoms with van der Waals surface area (Å²) in [7, 11) is 0. The highest BCUT2D eigenvalue weighted by molar-refractivity contribution is 7.98. The number of nitrogens with one attached hydrogen (secondary N) is 1. The lowest BCUT2D eigenvalue weighted by Gasteiger charge is -2.07. The Labute approximate surface area is 155 Å². The van der Waals surface area contributed by atoms with Crippen molar-refractivity contribution in [2.75, 3.05) is 25.5 Å². The number of benzene rings is 1. The minimum atomic E-state index is -0.523. The van der Waals surface area contributed by atoms with Gasteiger partial charge in [-0.15, -0.1) is 11.3 Å². The first kappa shape index (κ1) is 19.3. The summed E-state index contributed by atoms with van der Waals surface area (Å²) >= 11 is 3.48. The van der Waals surface area contributed by atoms with Gasteiger partial charge >= 0.3 is 5.97 Å². The van der Waals surface area contributed by atoms with E-state index in [0.29, 0.717) is 24.5 Å². The Morgan fingerprint density at radius 2 is 2.00 bits per heavy atom. The van der Waals surface area contributed by atoms with Crippen LogP contribution < -0.4 is 10.1 Å². The molecule has 0 bridgehead atoms. The first-order valence-corrected chi connectivity index (χ1v) is 9.99. The summed E-state index contributed by atoms with van der Waals surface area (Å²) < 4.78 is 10.3. The maximum Gasteiger partial charge on any atom is 0.338 e. The summed E-state index contributed by atoms with van der Waals surface area (Å²) in [6.07, 6.45) is 0. The lowest BCUT2D eigenvalue weighted by Crippen LogP contribution is -2.30. The second-order valence-electron chi connectivity index (χ2n) is 5.02. The highest BCUT2D eigenvalue weighted by atomic mass is 32.2. The fourth-order valence-corrected chi connectivity index (χ4v) is 3.65. The van der Waals surface area contributed by atoms with E-state index in [0.717, 1.165) is 11.5 Å². The Morgan fingerprint density at radius 3 is 2.68 bits per heavy atom. The third kappa shape index (κ3) is 7.19. The Bertz CT molecular complexity index is 656. The molecule has 5 nitrogen and oxygen atoms in total. The quantitative estimate of drug-likeness (QED) is 0.507. The predicted octanol–water partition coefficient (Wildman–Crippen LogP) is 3.35. The zero-order valence-corrected chi connectivity index (χ0v) is 15.7. The van der Waals surface area contributed by atoms with Gasteiger partial charge in [-0.1, -0.05) is 6.07 Å². The molecule has 0 spiro atoms. The predicted molar refractivity (Wildman–Crippen MR) is 101 cm³/mol. The van der Waals surface area contributed by atoms with E-state index >= 15 is 0 Å². The third-order valence-electron chi connectivity index (χ3n) is 3.13. The van der Waals surface area contributed by atoms with Crippen LogP contribution in [-0.2, 0) is 15.3 Å². The van der Waals surface area contributed by atoms with Crippen LogP contribution in [0.4, 0.5) is 0 Å². The monoisotopic (exact) mass is 379 g/mol. The molecule has 1 N–H and O–H groups in total. The summed E-state index contributed by atoms with van der Waals surface area (Å²) in [6, 6.07) is 10.8. The summed E-state index contributed by atoms with van der Waals surface area (Å²) in [5, 5.41) is 4.79. The molecule has 1 aromatic carbocycles. The molecule has 7 heteroatoms. The highest BCUT2D eigenvalue weighted by Gasteiger charge is 2.10. The van der Waals surface area contributed by atoms with Crippen LogP contribution in [0.2, 0.25) is 0 Å². The van der Waals surface area contributed by atoms with E-state index in [2.05, 4.69) is 16.8 Å². The number of hydrogen-bond acceptors (Lipinski definition) is 6. The Hall–Kier alpha value is -1.99. The third-order valence-corrected chi connectivity index (χ3v) is 5.20. The summed E-state index contributed by atoms with van der Waals surface area (Å²) in [4.78, 5) is 24.9. The van der Waals surface area contributed by atoms with Crippen molar-refractivity contribution in [3.8, 4) is 5.75 Å². The van der Waals surface area contributed by atoms with Crippen molar-refractivity contribution in [1.82, 2.24) is 5.32 Å². The largest absolute Gasteiger partial charge is 0.494 e. The smallest absolute Gasteiger partial charge is 0.338 e. The van der Waals surface area contributed by atoms with E-state index in [1.165, 1.54) is 4.88 Å². The Kier molecular flexibility index (Phi) is 8.34. The van der Waals surface area contributed by atoms with Gasteiger partial charge in [0.05, 0.1) is 12.2 Å². The van der Waals surface area contributed by atoms with Gasteiger partial charge in [-0.2, -0.15) is 11.8 Å². The number of carbonyl (C=O) groups is 2. The van der Waals surface area contributed by atoms with Crippen LogP contribution in [0.15, 0.2) is 41.8 Å². The molecule has 2 rings (SSSR count). The van der Waals surface area contributed by atoms with Gasteiger partial charge in [-0.25, -0.2) is 4.79 Å². The van der Waals surface area contributed by atoms with Crippen molar-refractivity contribution in [3.63, 3.8) is 0 Å². The number of amides is 1. The number of rotatable bonds is 10. The average molecular weight is 380 g/mol. The number of thioether (sulfide) groups is 1. The molecule has 25 heavy (non-hydrogen) atoms. The second kappa shape index (κ2) is 10.8. The summed E-state index contributed by atoms with van der Waals surface area (Å²) in [5.41, 5.74) is 0.391. The van der Waals surface area contributed by atoms with E-state index in [-0.39, 0.29) is 12.5 Å². The molecule has 0 fully saturated rings. The summed E-state index contributed by atoms with van der Waals surface area (Å²) in [5.74, 6) is 1.63. The number of ether oxygens (including phenoxy) is 2. The van der Waals surface area contributed by atoms with Crippen molar-refractivity contribution in [2.24, 2.45) is 0 Å². The van der Waals surface area contributed by atoms with E-state index in [1.54, 1.807) is 47.4 Å². The SMILES string of the molecule is CCOc1ccc(C(=O)OCC(=O)NCCSCc2cccs2)cc1. The van der Waals surface area contributed by atoms with Crippen LogP contribution in [-0.4, -0.2) is 37.4 Å². The molecular weight excluding hydrogens is 358 g/mol. The van der Waals surface area contributed by atoms with E-state index < -0.39 is 5.97 Å². The zero-order chi connectivity index (χ0) is 17.9. The topological polar surface area (TPSA) is 64.6 Å². The van der Waals surface area contributed by atoms with E-state index in [4.69, 9.17) is 9.47 Å². The van der Waals surface area contributed by atoms with Crippen LogP contribution in [0, 0.1) is 0 Å². The van der Waals surface area contributed by atoms with Gasteiger partial charge in [-0.3, -0.25) is 4.79 Å². The molecule has 0 radical (unpaired) electrons. The summed E-state index contributed by atoms with van der Waals surface area (Å²) in [6.45, 7) is 2.73. The molecule has 0 aliphatic rings. The Balaban J connectivity index is 1.59. The average Bonchev–Trinajstić information content (AvgIpc) is 3.14. The van der Waals surface area contributed by atoms with Gasteiger partial charge in [0.2, 0.25) is 0 Å². The fraction of sp³-hybridized carbons (Fsp3) is 0.333. The minimum absolute atomic E-state index is 0.276. The van der Waals surface area contributed by atoms with Crippen LogP contribution in [0.25, 0.3) is 0 Å². The lowest BCUT2D eigenvalue weighted by molar-refractivity contribution is -0.124. The van der Waals surface area contributed by atoms with Gasteiger partial charge in [0, 0.05) is 22.9 Å². The highest BCUT2D eigenvalue weighted by Crippen LogP contribution is 2.16. The molecule has 1 aromatic heterocycles. The lowest BCUT2D eigenvalue weighted by atomic mass is 10.2. The van der Waals surface area contributed by atoms with E-state index in [1.807, 2.05) is 13.0 Å². The van der Waals surface area contributed by atoms with Crippen molar-refractivity contribution >= 4 is 35.0 Å². The Morgan fingerprint density at radius 1 is 1.20 bits per heavy atom. The van der Waals surface area contributed by atoms with Gasteiger partial charge in [-0.05, 0) is 42.6 Å². The van der Waals surface area contributed by atoms with Crippen molar-refractivity contribution in [2.45, 2.75) is 12.7 Å². The van der Waals surface area contributed by atoms with Crippen molar-refractivity contribution in [3.05, 3.63) is 52.2 Å². The second-order valence-corrected chi connectivity index (χ2v) is 7.15. The number of carbonyl (C=O) groups excluding carboxylic acids is 2. The van der Waals surface area contributed by atoms with Gasteiger partial charge in [0.25, 0.3) is 5.91 Å². The standard InChI is InChI=1S/C18H21NO4S2/c1-2-22-15-7-5-14(6-8-15)18(21)23-12-17(20)19-9-11-24-13-16-4-3-10-25-16/h3-8,10H,2,9,11-13H2,1H3,(H,19,20). The van der Waals surface area contributed by atoms with Crippen LogP contribution >= 0.6 is 23.1 Å². The van der Waals surface area contributed by atoms with Crippen LogP contribution in [0.1, 0.15) is 22.2 Å². The zero-order valence-electron chi connectivity index (χ0n) is 14.0. The molecule has 0 aliphatic heterocycles. The molecule has 0 aliphatic carbocycles. The molecule has 1 heterocycles. The van der Waals surface area contributed by atoms with Crippen LogP contribution in [0.3, 0.4) is 0 Å². The number of thiophene rings is 1. The molecule has 0 unspecified atom stereocenters. The number of esters is 1. The molecule has 1 amide bonds. The van der Waals surface area contributed by atoms with Gasteiger partial charge in [0.15, 0.2) is 6.61 Å². The maximum atomic E-state index is 11.9. The van der Waals surface area contributed by atoms with Gasteiger partial charge < -0.3 is 14.8 Å². The molecule has 2 aromatic rings. The molecule has 0 saturated heterocycles. The molecular formula is C18H21NO4S2. The van der Waals surface area contributed by atoms with Crippen molar-refractivity contribution < 1.29 is 19.1 Å². The first-order chi connectivity index (χ1) is 12.2. The first-order valence-electron chi connectivity index (χ1n) is 7.96.